The minimum atomic E-state index is -0.0624. The Kier molecular flexibility index (Phi) is 23.6. The lowest BCUT2D eigenvalue weighted by Crippen LogP contribution is -2.22. The Labute approximate surface area is 624 Å². The summed E-state index contributed by atoms with van der Waals surface area (Å²) in [6, 6.07) is 16.6. The van der Waals surface area contributed by atoms with E-state index in [2.05, 4.69) is 341 Å². The van der Waals surface area contributed by atoms with Gasteiger partial charge in [0.15, 0.2) is 5.65 Å². The Hall–Kier alpha value is -7.57. The van der Waals surface area contributed by atoms with E-state index in [1.54, 1.807) is 29.0 Å². The summed E-state index contributed by atoms with van der Waals surface area (Å²) in [6.07, 6.45) is 5.54. The van der Waals surface area contributed by atoms with Crippen LogP contribution in [0.15, 0.2) is 78.0 Å². The van der Waals surface area contributed by atoms with E-state index in [9.17, 15) is 0 Å². The number of rotatable bonds is 0. The SMILES string of the molecule is CC(C)(C)c1nc(C(C)(C)C)c2[nH]ccc2n1.CC(C)(C)c1nc(C(C)(C)C)c2[nH]cnc2n1.CC(C)(C)c1nc(C(C)(C)C)c2cc[nH]c2n1.CC(C)(C)c1nc(C(C)(C)C)c2ccccc2n1.CC(C)(C)c1nc(C(C)(C)C)c2ccsc2n1.CC(C)(C)c1nc(C(C)(C)C)c2sccc2n1. The minimum absolute atomic E-state index is 0.00181. The molecule has 0 aliphatic heterocycles. The molecule has 0 fully saturated rings. The third-order valence-corrected chi connectivity index (χ3v) is 18.3. The number of nitrogens with one attached hydrogen (secondary N) is 3. The molecule has 0 spiro atoms. The fourth-order valence-corrected chi connectivity index (χ4v) is 12.6. The van der Waals surface area contributed by atoms with Crippen LogP contribution in [-0.4, -0.2) is 79.7 Å². The molecule has 16 nitrogen and oxygen atoms in total. The van der Waals surface area contributed by atoms with Crippen LogP contribution >= 0.6 is 22.7 Å². The van der Waals surface area contributed by atoms with Crippen LogP contribution in [0.1, 0.15) is 318 Å². The average molecular weight is 1430 g/mol. The van der Waals surface area contributed by atoms with Gasteiger partial charge in [0, 0.05) is 93.5 Å². The van der Waals surface area contributed by atoms with Crippen LogP contribution in [0, 0.1) is 0 Å². The number of H-pyrrole nitrogens is 3. The largest absolute Gasteiger partial charge is 0.358 e. The molecule has 0 amide bonds. The zero-order valence-corrected chi connectivity index (χ0v) is 71.3. The summed E-state index contributed by atoms with van der Waals surface area (Å²) in [7, 11) is 0. The normalized spacial score (nSPS) is 13.2. The first kappa shape index (κ1) is 82.7. The third kappa shape index (κ3) is 20.7. The predicted octanol–water partition coefficient (Wildman–Crippen LogP) is 22.9. The Balaban J connectivity index is 0.000000173. The van der Waals surface area contributed by atoms with Gasteiger partial charge in [0.25, 0.3) is 0 Å². The zero-order chi connectivity index (χ0) is 77.8. The third-order valence-electron chi connectivity index (χ3n) is 16.6. The standard InChI is InChI=1S/C16H22N2.2C14H21N3.2C14H20N2S.C13H20N4/c1-15(2,3)13-11-9-7-8-10-12(11)17-14(18-13)16(4,5)6;1-13(2,3)11-10-9(7-8-15-10)16-12(17-11)14(4,5)6;1-13(2,3)10-9-7-8-15-11(9)17-12(16-10)14(4,5)6;1-13(2,3)11-10-9(7-8-17-10)15-12(16-11)14(4,5)6;1-13(2,3)10-9-7-8-17-11(9)16-12(15-10)14(4,5)6;1-12(2,3)9-8-10(15-7-14-8)17-11(16-9)13(4,5)6/h7-10H,1-6H3;7-8,15H,1-6H3;7-8H,1-6H3,(H,15,16,17);2*7-8H,1-6H3;7H,1-6H3,(H,14,15,16,17). The van der Waals surface area contributed by atoms with Crippen molar-refractivity contribution in [1.82, 2.24) is 79.7 Å². The summed E-state index contributed by atoms with van der Waals surface area (Å²) < 4.78 is 1.23. The number of aromatic nitrogens is 16. The number of fused-ring (bicyclic) bond motifs is 6. The lowest BCUT2D eigenvalue weighted by Gasteiger charge is -2.24. The number of hydrogen-bond donors (Lipinski definition) is 3. The smallest absolute Gasteiger partial charge is 0.181 e. The lowest BCUT2D eigenvalue weighted by molar-refractivity contribution is 0.519. The van der Waals surface area contributed by atoms with Gasteiger partial charge >= 0.3 is 0 Å². The zero-order valence-electron chi connectivity index (χ0n) is 69.6. The van der Waals surface area contributed by atoms with E-state index in [0.29, 0.717) is 0 Å². The Morgan fingerprint density at radius 3 is 1.13 bits per heavy atom. The van der Waals surface area contributed by atoms with Crippen LogP contribution in [-0.2, 0) is 65.0 Å². The topological polar surface area (TPSA) is 215 Å². The Morgan fingerprint density at radius 1 is 0.262 bits per heavy atom. The molecule has 0 aliphatic rings. The van der Waals surface area contributed by atoms with Crippen molar-refractivity contribution in [2.24, 2.45) is 0 Å². The van der Waals surface area contributed by atoms with Crippen molar-refractivity contribution in [1.29, 1.82) is 0 Å². The fraction of sp³-hybridized carbons (Fsp3) is 0.565. The van der Waals surface area contributed by atoms with Gasteiger partial charge in [-0.15, -0.1) is 22.7 Å². The van der Waals surface area contributed by atoms with Crippen LogP contribution in [0.2, 0.25) is 0 Å². The summed E-state index contributed by atoms with van der Waals surface area (Å²) in [5.74, 6) is 5.46. The molecule has 0 atom stereocenters. The molecule has 0 aliphatic carbocycles. The molecule has 18 heteroatoms. The molecule has 0 unspecified atom stereocenters. The fourth-order valence-electron chi connectivity index (χ4n) is 10.8. The van der Waals surface area contributed by atoms with Crippen molar-refractivity contribution in [3.63, 3.8) is 0 Å². The van der Waals surface area contributed by atoms with Crippen LogP contribution in [0.25, 0.3) is 64.6 Å². The summed E-state index contributed by atoms with van der Waals surface area (Å²) >= 11 is 3.43. The van der Waals surface area contributed by atoms with Crippen molar-refractivity contribution >= 4 is 87.2 Å². The van der Waals surface area contributed by atoms with Gasteiger partial charge in [-0.05, 0) is 41.1 Å². The van der Waals surface area contributed by atoms with Crippen molar-refractivity contribution in [2.75, 3.05) is 0 Å². The van der Waals surface area contributed by atoms with E-state index in [-0.39, 0.29) is 65.0 Å². The van der Waals surface area contributed by atoms with E-state index in [1.807, 2.05) is 24.5 Å². The highest BCUT2D eigenvalue weighted by atomic mass is 32.1. The molecule has 103 heavy (non-hydrogen) atoms. The van der Waals surface area contributed by atoms with Crippen molar-refractivity contribution in [3.05, 3.63) is 147 Å². The summed E-state index contributed by atoms with van der Waals surface area (Å²) in [5.41, 5.74) is 13.6. The highest BCUT2D eigenvalue weighted by molar-refractivity contribution is 7.17. The number of para-hydroxylation sites is 1. The molecule has 11 aromatic heterocycles. The number of thiophene rings is 2. The maximum Gasteiger partial charge on any atom is 0.181 e. The molecule has 556 valence electrons. The van der Waals surface area contributed by atoms with E-state index >= 15 is 0 Å². The van der Waals surface area contributed by atoms with Gasteiger partial charge < -0.3 is 15.0 Å². The van der Waals surface area contributed by atoms with Gasteiger partial charge in [-0.1, -0.05) is 267 Å². The molecule has 12 aromatic rings. The minimum Gasteiger partial charge on any atom is -0.358 e. The molecule has 0 saturated heterocycles. The number of nitrogens with zero attached hydrogens (tertiary/aromatic N) is 13. The van der Waals surface area contributed by atoms with Crippen molar-refractivity contribution in [2.45, 2.75) is 314 Å². The second-order valence-electron chi connectivity index (χ2n) is 39.7. The summed E-state index contributed by atoms with van der Waals surface area (Å²) in [4.78, 5) is 71.6. The molecule has 0 radical (unpaired) electrons. The highest BCUT2D eigenvalue weighted by Gasteiger charge is 2.32. The van der Waals surface area contributed by atoms with Gasteiger partial charge in [-0.3, -0.25) is 0 Å². The van der Waals surface area contributed by atoms with Gasteiger partial charge in [0.05, 0.1) is 67.3 Å². The van der Waals surface area contributed by atoms with Crippen LogP contribution < -0.4 is 0 Å². The van der Waals surface area contributed by atoms with E-state index in [0.717, 1.165) is 118 Å². The molecular formula is C85H124N16S2. The lowest BCUT2D eigenvalue weighted by atomic mass is 9.87. The maximum absolute atomic E-state index is 4.83. The van der Waals surface area contributed by atoms with Crippen LogP contribution in [0.5, 0.6) is 0 Å². The van der Waals surface area contributed by atoms with E-state index in [1.165, 1.54) is 15.8 Å². The molecule has 0 bridgehead atoms. The molecular weight excluding hydrogens is 1310 g/mol. The second kappa shape index (κ2) is 29.4. The predicted molar refractivity (Wildman–Crippen MR) is 438 cm³/mol. The molecule has 12 rings (SSSR count). The number of benzene rings is 1. The second-order valence-corrected chi connectivity index (χ2v) is 41.6. The number of aromatic amines is 3. The quantitative estimate of drug-likeness (QED) is 0.129. The maximum atomic E-state index is 4.83. The van der Waals surface area contributed by atoms with E-state index in [4.69, 9.17) is 34.9 Å². The first-order chi connectivity index (χ1) is 46.7. The number of imidazole rings is 1. The monoisotopic (exact) mass is 1430 g/mol. The first-order valence-electron chi connectivity index (χ1n) is 36.4. The molecule has 0 saturated carbocycles. The van der Waals surface area contributed by atoms with Gasteiger partial charge in [0.1, 0.15) is 50.9 Å². The number of hydrogen-bond acceptors (Lipinski definition) is 15. The summed E-state index contributed by atoms with van der Waals surface area (Å²) in [6.45, 7) is 78.1. The van der Waals surface area contributed by atoms with Crippen LogP contribution in [0.4, 0.5) is 0 Å². The van der Waals surface area contributed by atoms with Crippen molar-refractivity contribution < 1.29 is 0 Å². The Morgan fingerprint density at radius 2 is 0.641 bits per heavy atom. The van der Waals surface area contributed by atoms with Gasteiger partial charge in [0.2, 0.25) is 0 Å². The van der Waals surface area contributed by atoms with Crippen molar-refractivity contribution in [3.8, 4) is 0 Å². The average Bonchev–Trinajstić information content (AvgIpc) is 1.77. The molecule has 1 aromatic carbocycles. The molecule has 3 N–H and O–H groups in total. The van der Waals surface area contributed by atoms with E-state index < -0.39 is 0 Å². The van der Waals surface area contributed by atoms with Crippen LogP contribution in [0.3, 0.4) is 0 Å². The van der Waals surface area contributed by atoms with Gasteiger partial charge in [-0.25, -0.2) is 64.8 Å². The highest BCUT2D eigenvalue weighted by Crippen LogP contribution is 2.38. The Bertz CT molecular complexity index is 4280. The first-order valence-corrected chi connectivity index (χ1v) is 38.2. The van der Waals surface area contributed by atoms with Gasteiger partial charge in [-0.2, -0.15) is 0 Å². The molecule has 11 heterocycles. The summed E-state index contributed by atoms with van der Waals surface area (Å²) in [5, 5.41) is 7.70.